The van der Waals surface area contributed by atoms with Crippen LogP contribution in [-0.2, 0) is 5.75 Å². The molecular formula is C11H10N4OS3. The molecule has 0 amide bonds. The lowest BCUT2D eigenvalue weighted by atomic mass is 10.5. The molecule has 3 heterocycles. The van der Waals surface area contributed by atoms with Gasteiger partial charge in [-0.05, 0) is 11.4 Å². The van der Waals surface area contributed by atoms with Crippen molar-refractivity contribution < 1.29 is 4.42 Å². The fourth-order valence-corrected chi connectivity index (χ4v) is 3.63. The molecule has 5 nitrogen and oxygen atoms in total. The van der Waals surface area contributed by atoms with Crippen LogP contribution in [0.3, 0.4) is 0 Å². The molecule has 0 spiro atoms. The van der Waals surface area contributed by atoms with Gasteiger partial charge in [-0.2, -0.15) is 0 Å². The van der Waals surface area contributed by atoms with E-state index in [4.69, 9.17) is 4.42 Å². The number of hydrogen-bond acceptors (Lipinski definition) is 8. The fourth-order valence-electron chi connectivity index (χ4n) is 1.39. The van der Waals surface area contributed by atoms with Crippen LogP contribution in [0.25, 0.3) is 10.8 Å². The molecule has 0 unspecified atom stereocenters. The van der Waals surface area contributed by atoms with Crippen LogP contribution in [0.2, 0.25) is 0 Å². The molecule has 3 aromatic heterocycles. The second-order valence-electron chi connectivity index (χ2n) is 3.53. The van der Waals surface area contributed by atoms with Crippen LogP contribution in [0.5, 0.6) is 0 Å². The number of thiophene rings is 1. The number of thioether (sulfide) groups is 1. The Hall–Kier alpha value is -1.38. The Morgan fingerprint density at radius 2 is 2.37 bits per heavy atom. The molecule has 1 N–H and O–H groups in total. The van der Waals surface area contributed by atoms with Crippen LogP contribution in [0, 0.1) is 0 Å². The van der Waals surface area contributed by atoms with Crippen molar-refractivity contribution in [3.8, 4) is 10.8 Å². The highest BCUT2D eigenvalue weighted by Gasteiger charge is 2.09. The summed E-state index contributed by atoms with van der Waals surface area (Å²) < 4.78 is 6.39. The van der Waals surface area contributed by atoms with Gasteiger partial charge in [-0.3, -0.25) is 0 Å². The number of nitrogens with one attached hydrogen (secondary N) is 1. The summed E-state index contributed by atoms with van der Waals surface area (Å²) in [5.74, 6) is 1.41. The first kappa shape index (κ1) is 12.6. The zero-order valence-corrected chi connectivity index (χ0v) is 12.4. The van der Waals surface area contributed by atoms with Crippen molar-refractivity contribution in [2.75, 3.05) is 12.4 Å². The van der Waals surface area contributed by atoms with Crippen LogP contribution >= 0.6 is 34.4 Å². The second-order valence-corrected chi connectivity index (χ2v) is 6.68. The lowest BCUT2D eigenvalue weighted by Gasteiger charge is -1.90. The summed E-state index contributed by atoms with van der Waals surface area (Å²) in [6.45, 7) is 0. The van der Waals surface area contributed by atoms with E-state index in [9.17, 15) is 0 Å². The third-order valence-electron chi connectivity index (χ3n) is 2.25. The van der Waals surface area contributed by atoms with Crippen molar-refractivity contribution in [1.82, 2.24) is 15.2 Å². The molecule has 3 rings (SSSR count). The molecule has 98 valence electrons. The van der Waals surface area contributed by atoms with Crippen LogP contribution in [0.4, 0.5) is 5.13 Å². The van der Waals surface area contributed by atoms with Crippen molar-refractivity contribution in [2.45, 2.75) is 10.1 Å². The van der Waals surface area contributed by atoms with Gasteiger partial charge in [0.2, 0.25) is 11.0 Å². The molecule has 0 aliphatic carbocycles. The Kier molecular flexibility index (Phi) is 3.81. The Morgan fingerprint density at radius 1 is 1.42 bits per heavy atom. The number of nitrogens with zero attached hydrogens (tertiary/aromatic N) is 3. The smallest absolute Gasteiger partial charge is 0.236 e. The summed E-state index contributed by atoms with van der Waals surface area (Å²) in [4.78, 5) is 5.50. The van der Waals surface area contributed by atoms with E-state index in [1.165, 1.54) is 11.3 Å². The van der Waals surface area contributed by atoms with Gasteiger partial charge < -0.3 is 9.73 Å². The molecule has 0 radical (unpaired) electrons. The first-order valence-corrected chi connectivity index (χ1v) is 8.15. The summed E-state index contributed by atoms with van der Waals surface area (Å²) in [5.41, 5.74) is 0.912. The van der Waals surface area contributed by atoms with E-state index in [1.54, 1.807) is 29.4 Å². The lowest BCUT2D eigenvalue weighted by molar-refractivity contribution is 0.575. The minimum absolute atomic E-state index is 0.679. The molecule has 0 saturated heterocycles. The highest BCUT2D eigenvalue weighted by Crippen LogP contribution is 2.29. The molecule has 0 bridgehead atoms. The van der Waals surface area contributed by atoms with Crippen LogP contribution in [-0.4, -0.2) is 22.2 Å². The molecule has 8 heteroatoms. The summed E-state index contributed by atoms with van der Waals surface area (Å²) >= 11 is 4.75. The van der Waals surface area contributed by atoms with Gasteiger partial charge in [0.25, 0.3) is 0 Å². The van der Waals surface area contributed by atoms with Gasteiger partial charge in [0.1, 0.15) is 6.26 Å². The van der Waals surface area contributed by atoms with Crippen LogP contribution in [0.15, 0.2) is 32.5 Å². The number of aromatic nitrogens is 3. The van der Waals surface area contributed by atoms with Crippen LogP contribution < -0.4 is 5.32 Å². The maximum Gasteiger partial charge on any atom is 0.236 e. The number of hydrogen-bond donors (Lipinski definition) is 1. The fraction of sp³-hybridized carbons (Fsp3) is 0.182. The zero-order valence-electron chi connectivity index (χ0n) is 9.99. The predicted octanol–water partition coefficient (Wildman–Crippen LogP) is 3.59. The monoisotopic (exact) mass is 310 g/mol. The number of anilines is 1. The van der Waals surface area contributed by atoms with Gasteiger partial charge >= 0.3 is 0 Å². The second kappa shape index (κ2) is 5.72. The molecule has 19 heavy (non-hydrogen) atoms. The van der Waals surface area contributed by atoms with E-state index < -0.39 is 0 Å². The highest BCUT2D eigenvalue weighted by atomic mass is 32.2. The van der Waals surface area contributed by atoms with Gasteiger partial charge in [-0.1, -0.05) is 29.2 Å². The predicted molar refractivity (Wildman–Crippen MR) is 78.8 cm³/mol. The van der Waals surface area contributed by atoms with Gasteiger partial charge in [0.15, 0.2) is 4.34 Å². The van der Waals surface area contributed by atoms with E-state index in [2.05, 4.69) is 20.5 Å². The summed E-state index contributed by atoms with van der Waals surface area (Å²) in [6.07, 6.45) is 1.70. The quantitative estimate of drug-likeness (QED) is 0.727. The SMILES string of the molecule is CNc1nnc(SCc2coc(-c3cccs3)n2)s1. The summed E-state index contributed by atoms with van der Waals surface area (Å²) in [7, 11) is 1.83. The topological polar surface area (TPSA) is 63.8 Å². The van der Waals surface area contributed by atoms with Crippen LogP contribution in [0.1, 0.15) is 5.69 Å². The first-order chi connectivity index (χ1) is 9.35. The van der Waals surface area contributed by atoms with Gasteiger partial charge in [0, 0.05) is 12.8 Å². The molecule has 0 fully saturated rings. The Balaban J connectivity index is 1.64. The Morgan fingerprint density at radius 3 is 3.11 bits per heavy atom. The van der Waals surface area contributed by atoms with E-state index in [1.807, 2.05) is 24.6 Å². The molecule has 0 atom stereocenters. The Labute approximate surface area is 122 Å². The molecule has 0 aromatic carbocycles. The van der Waals surface area contributed by atoms with Crippen molar-refractivity contribution in [2.24, 2.45) is 0 Å². The van der Waals surface area contributed by atoms with Gasteiger partial charge in [0.05, 0.1) is 10.6 Å². The normalized spacial score (nSPS) is 10.8. The summed E-state index contributed by atoms with van der Waals surface area (Å²) in [5, 5.41) is 13.9. The van der Waals surface area contributed by atoms with E-state index >= 15 is 0 Å². The molecular weight excluding hydrogens is 300 g/mol. The average Bonchev–Trinajstić information content (AvgIpc) is 3.16. The minimum atomic E-state index is 0.679. The number of rotatable bonds is 5. The van der Waals surface area contributed by atoms with E-state index in [0.717, 1.165) is 25.8 Å². The summed E-state index contributed by atoms with van der Waals surface area (Å²) in [6, 6.07) is 3.98. The maximum atomic E-state index is 5.46. The number of oxazole rings is 1. The third kappa shape index (κ3) is 2.96. The maximum absolute atomic E-state index is 5.46. The van der Waals surface area contributed by atoms with Crippen molar-refractivity contribution in [1.29, 1.82) is 0 Å². The lowest BCUT2D eigenvalue weighted by Crippen LogP contribution is -1.84. The average molecular weight is 310 g/mol. The zero-order chi connectivity index (χ0) is 13.1. The minimum Gasteiger partial charge on any atom is -0.444 e. The first-order valence-electron chi connectivity index (χ1n) is 5.47. The molecule has 3 aromatic rings. The third-order valence-corrected chi connectivity index (χ3v) is 5.21. The molecule has 0 aliphatic rings. The van der Waals surface area contributed by atoms with Gasteiger partial charge in [-0.15, -0.1) is 21.5 Å². The van der Waals surface area contributed by atoms with E-state index in [-0.39, 0.29) is 0 Å². The van der Waals surface area contributed by atoms with Gasteiger partial charge in [-0.25, -0.2) is 4.98 Å². The van der Waals surface area contributed by atoms with Crippen molar-refractivity contribution in [3.05, 3.63) is 29.5 Å². The Bertz CT molecular complexity index is 647. The molecule has 0 saturated carbocycles. The van der Waals surface area contributed by atoms with Crippen molar-refractivity contribution >= 4 is 39.6 Å². The highest BCUT2D eigenvalue weighted by molar-refractivity contribution is 8.00. The standard InChI is InChI=1S/C11H10N4OS3/c1-12-10-14-15-11(19-10)18-6-7-5-16-9(13-7)8-3-2-4-17-8/h2-5H,6H2,1H3,(H,12,14). The molecule has 0 aliphatic heterocycles. The van der Waals surface area contributed by atoms with Crippen molar-refractivity contribution in [3.63, 3.8) is 0 Å². The largest absolute Gasteiger partial charge is 0.444 e. The van der Waals surface area contributed by atoms with E-state index in [0.29, 0.717) is 5.89 Å².